The molecule has 0 N–H and O–H groups in total. The predicted molar refractivity (Wildman–Crippen MR) is 25.8 cm³/mol. The number of fused-ring (bicyclic) bond motifs is 1. The summed E-state index contributed by atoms with van der Waals surface area (Å²) in [5.74, 6) is -8.68. The largest absolute Gasteiger partial charge is 0.233 e. The second-order valence-electron chi connectivity index (χ2n) is 2.47. The molecule has 2 rings (SSSR count). The van der Waals surface area contributed by atoms with Crippen molar-refractivity contribution in [1.82, 2.24) is 0 Å². The van der Waals surface area contributed by atoms with Crippen LogP contribution >= 0.6 is 0 Å². The van der Waals surface area contributed by atoms with Crippen LogP contribution in [0.1, 0.15) is 0 Å². The van der Waals surface area contributed by atoms with Gasteiger partial charge < -0.3 is 0 Å². The fraction of sp³-hybridized carbons (Fsp3) is 0.333. The van der Waals surface area contributed by atoms with Crippen molar-refractivity contribution in [2.24, 2.45) is 5.92 Å². The van der Waals surface area contributed by atoms with E-state index in [2.05, 4.69) is 0 Å². The first kappa shape index (κ1) is 6.82. The summed E-state index contributed by atoms with van der Waals surface area (Å²) in [6.07, 6.45) is 0. The average Bonchev–Trinajstić information content (AvgIpc) is 2.02. The molecule has 0 heterocycles. The van der Waals surface area contributed by atoms with Gasteiger partial charge in [-0.05, 0) is 0 Å². The summed E-state index contributed by atoms with van der Waals surface area (Å²) in [7, 11) is 0. The summed E-state index contributed by atoms with van der Waals surface area (Å²) < 4.78 is 61.0. The lowest BCUT2D eigenvalue weighted by molar-refractivity contribution is 0.0185. The Kier molecular flexibility index (Phi) is 0.923. The van der Waals surface area contributed by atoms with Crippen molar-refractivity contribution < 1.29 is 22.0 Å². The Morgan fingerprint density at radius 3 is 1.55 bits per heavy atom. The van der Waals surface area contributed by atoms with Crippen LogP contribution in [0.2, 0.25) is 0 Å². The maximum Gasteiger partial charge on any atom is 0.233 e. The fourth-order valence-corrected chi connectivity index (χ4v) is 1.26. The Morgan fingerprint density at radius 2 is 1.27 bits per heavy atom. The van der Waals surface area contributed by atoms with Gasteiger partial charge >= 0.3 is 0 Å². The first-order chi connectivity index (χ1) is 5.01. The quantitative estimate of drug-likeness (QED) is 0.487. The van der Waals surface area contributed by atoms with Crippen LogP contribution in [-0.2, 0) is 0 Å². The van der Waals surface area contributed by atoms with Crippen LogP contribution in [0.15, 0.2) is 23.3 Å². The molecule has 0 aromatic heterocycles. The number of hydrogen-bond acceptors (Lipinski definition) is 0. The van der Waals surface area contributed by atoms with Crippen LogP contribution in [0.5, 0.6) is 0 Å². The number of hydrogen-bond donors (Lipinski definition) is 0. The normalized spacial score (nSPS) is 41.7. The van der Waals surface area contributed by atoms with Crippen molar-refractivity contribution in [3.63, 3.8) is 0 Å². The standard InChI is InChI=1S/C6HF5/c7-2-1-3(8)5(10)6(1,11)4(2)9/h1H. The molecule has 0 amide bonds. The molecule has 2 aliphatic carbocycles. The summed E-state index contributed by atoms with van der Waals surface area (Å²) >= 11 is 0. The Hall–Kier alpha value is -0.870. The maximum absolute atomic E-state index is 12.6. The van der Waals surface area contributed by atoms with E-state index in [9.17, 15) is 22.0 Å². The molecule has 11 heavy (non-hydrogen) atoms. The first-order valence-electron chi connectivity index (χ1n) is 2.81. The number of alkyl halides is 1. The zero-order chi connectivity index (χ0) is 8.39. The van der Waals surface area contributed by atoms with Gasteiger partial charge in [-0.15, -0.1) is 0 Å². The van der Waals surface area contributed by atoms with Crippen LogP contribution in [0.3, 0.4) is 0 Å². The zero-order valence-corrected chi connectivity index (χ0v) is 4.97. The molecule has 0 unspecified atom stereocenters. The van der Waals surface area contributed by atoms with Gasteiger partial charge in [-0.1, -0.05) is 0 Å². The molecule has 2 aliphatic rings. The molecule has 0 saturated heterocycles. The highest BCUT2D eigenvalue weighted by atomic mass is 19.2. The third kappa shape index (κ3) is 0.423. The second kappa shape index (κ2) is 1.49. The SMILES string of the molecule is FC1=C(F)C2(F)C(F)=C(F)C12. The van der Waals surface area contributed by atoms with Gasteiger partial charge in [0, 0.05) is 0 Å². The van der Waals surface area contributed by atoms with Crippen molar-refractivity contribution >= 4 is 0 Å². The topological polar surface area (TPSA) is 0 Å². The molecule has 0 radical (unpaired) electrons. The summed E-state index contributed by atoms with van der Waals surface area (Å²) in [5, 5.41) is 0. The molecule has 0 atom stereocenters. The highest BCUT2D eigenvalue weighted by Gasteiger charge is 2.71. The van der Waals surface area contributed by atoms with E-state index in [1.165, 1.54) is 0 Å². The first-order valence-corrected chi connectivity index (χ1v) is 2.81. The number of allylic oxidation sites excluding steroid dienone is 4. The van der Waals surface area contributed by atoms with Gasteiger partial charge in [-0.25, -0.2) is 22.0 Å². The smallest absolute Gasteiger partial charge is 0.227 e. The predicted octanol–water partition coefficient (Wildman–Crippen LogP) is 2.64. The number of halogens is 5. The maximum atomic E-state index is 12.6. The molecule has 5 heteroatoms. The van der Waals surface area contributed by atoms with E-state index in [1.807, 2.05) is 0 Å². The average molecular weight is 168 g/mol. The van der Waals surface area contributed by atoms with Crippen molar-refractivity contribution in [2.75, 3.05) is 0 Å². The van der Waals surface area contributed by atoms with E-state index in [4.69, 9.17) is 0 Å². The van der Waals surface area contributed by atoms with Crippen LogP contribution < -0.4 is 0 Å². The van der Waals surface area contributed by atoms with E-state index < -0.39 is 34.9 Å². The van der Waals surface area contributed by atoms with Crippen LogP contribution in [0, 0.1) is 5.92 Å². The zero-order valence-electron chi connectivity index (χ0n) is 4.97. The Bertz CT molecular complexity index is 274. The lowest BCUT2D eigenvalue weighted by Crippen LogP contribution is -2.52. The third-order valence-corrected chi connectivity index (χ3v) is 1.96. The molecular weight excluding hydrogens is 167 g/mol. The minimum Gasteiger partial charge on any atom is -0.227 e. The highest BCUT2D eigenvalue weighted by Crippen LogP contribution is 2.64. The number of rotatable bonds is 0. The Balaban J connectivity index is 2.48. The van der Waals surface area contributed by atoms with Crippen molar-refractivity contribution in [3.05, 3.63) is 23.3 Å². The summed E-state index contributed by atoms with van der Waals surface area (Å²) in [6, 6.07) is 0. The van der Waals surface area contributed by atoms with Gasteiger partial charge in [-0.2, -0.15) is 0 Å². The van der Waals surface area contributed by atoms with E-state index in [-0.39, 0.29) is 0 Å². The van der Waals surface area contributed by atoms with Crippen molar-refractivity contribution in [3.8, 4) is 0 Å². The van der Waals surface area contributed by atoms with Gasteiger partial charge in [0.15, 0.2) is 11.7 Å². The summed E-state index contributed by atoms with van der Waals surface area (Å²) in [4.78, 5) is 0. The Morgan fingerprint density at radius 1 is 0.909 bits per heavy atom. The van der Waals surface area contributed by atoms with Gasteiger partial charge in [0.2, 0.25) is 5.67 Å². The summed E-state index contributed by atoms with van der Waals surface area (Å²) in [6.45, 7) is 0. The molecule has 0 saturated carbocycles. The highest BCUT2D eigenvalue weighted by molar-refractivity contribution is 5.55. The van der Waals surface area contributed by atoms with Gasteiger partial charge in [0.05, 0.1) is 0 Å². The summed E-state index contributed by atoms with van der Waals surface area (Å²) in [5.41, 5.74) is -3.10. The van der Waals surface area contributed by atoms with Crippen molar-refractivity contribution in [1.29, 1.82) is 0 Å². The molecule has 0 spiro atoms. The fourth-order valence-electron chi connectivity index (χ4n) is 1.26. The van der Waals surface area contributed by atoms with Crippen molar-refractivity contribution in [2.45, 2.75) is 5.67 Å². The molecule has 0 aliphatic heterocycles. The Labute approximate surface area is 58.0 Å². The van der Waals surface area contributed by atoms with E-state index in [0.29, 0.717) is 0 Å². The lowest BCUT2D eigenvalue weighted by atomic mass is 9.66. The van der Waals surface area contributed by atoms with Gasteiger partial charge in [-0.3, -0.25) is 0 Å². The molecule has 0 nitrogen and oxygen atoms in total. The molecule has 0 fully saturated rings. The minimum atomic E-state index is -3.10. The third-order valence-electron chi connectivity index (χ3n) is 1.96. The van der Waals surface area contributed by atoms with E-state index in [0.717, 1.165) is 0 Å². The van der Waals surface area contributed by atoms with Crippen LogP contribution in [-0.4, -0.2) is 5.67 Å². The molecule has 0 aromatic rings. The van der Waals surface area contributed by atoms with Crippen LogP contribution in [0.4, 0.5) is 22.0 Å². The monoisotopic (exact) mass is 168 g/mol. The van der Waals surface area contributed by atoms with Crippen LogP contribution in [0.25, 0.3) is 0 Å². The molecule has 0 aromatic carbocycles. The lowest BCUT2D eigenvalue weighted by Gasteiger charge is -2.44. The van der Waals surface area contributed by atoms with E-state index in [1.54, 1.807) is 0 Å². The minimum absolute atomic E-state index is 1.54. The van der Waals surface area contributed by atoms with Gasteiger partial charge in [0.1, 0.15) is 17.6 Å². The molecular formula is C6HF5. The van der Waals surface area contributed by atoms with Gasteiger partial charge in [0.25, 0.3) is 0 Å². The second-order valence-corrected chi connectivity index (χ2v) is 2.47. The molecule has 60 valence electrons. The van der Waals surface area contributed by atoms with E-state index >= 15 is 0 Å². The molecule has 0 bridgehead atoms.